The largest absolute Gasteiger partial charge is 0.489 e. The van der Waals surface area contributed by atoms with Gasteiger partial charge in [-0.25, -0.2) is 0 Å². The quantitative estimate of drug-likeness (QED) is 0.758. The van der Waals surface area contributed by atoms with Crippen molar-refractivity contribution in [3.05, 3.63) is 53.6 Å². The summed E-state index contributed by atoms with van der Waals surface area (Å²) in [5.41, 5.74) is 3.19. The van der Waals surface area contributed by atoms with Gasteiger partial charge >= 0.3 is 0 Å². The maximum absolute atomic E-state index is 5.81. The van der Waals surface area contributed by atoms with E-state index in [0.29, 0.717) is 12.0 Å². The topological polar surface area (TPSA) is 9.23 Å². The molecule has 0 radical (unpaired) electrons. The molecule has 0 aromatic heterocycles. The summed E-state index contributed by atoms with van der Waals surface area (Å²) < 4.78 is 5.81. The van der Waals surface area contributed by atoms with Gasteiger partial charge in [-0.15, -0.1) is 0 Å². The normalized spacial score (nSPS) is 20.4. The van der Waals surface area contributed by atoms with Crippen LogP contribution in [0.4, 0.5) is 0 Å². The van der Waals surface area contributed by atoms with Crippen molar-refractivity contribution >= 4 is 0 Å². The molecule has 0 spiro atoms. The molecule has 0 saturated heterocycles. The van der Waals surface area contributed by atoms with E-state index in [0.717, 1.165) is 18.6 Å². The SMILES string of the molecule is CC1(c2ccc(OCC3=CCCC=C3)cc2)CC1. The highest BCUT2D eigenvalue weighted by molar-refractivity contribution is 5.35. The van der Waals surface area contributed by atoms with Crippen LogP contribution in [0, 0.1) is 0 Å². The second-order valence-electron chi connectivity index (χ2n) is 5.63. The van der Waals surface area contributed by atoms with Crippen LogP contribution in [0.25, 0.3) is 0 Å². The number of rotatable bonds is 4. The van der Waals surface area contributed by atoms with E-state index in [-0.39, 0.29) is 0 Å². The van der Waals surface area contributed by atoms with Crippen molar-refractivity contribution in [2.24, 2.45) is 0 Å². The Hall–Kier alpha value is -1.50. The van der Waals surface area contributed by atoms with Crippen molar-refractivity contribution in [2.75, 3.05) is 6.61 Å². The van der Waals surface area contributed by atoms with Crippen molar-refractivity contribution in [3.63, 3.8) is 0 Å². The zero-order valence-corrected chi connectivity index (χ0v) is 11.0. The minimum absolute atomic E-state index is 0.452. The highest BCUT2D eigenvalue weighted by Gasteiger charge is 2.38. The monoisotopic (exact) mass is 240 g/mol. The minimum Gasteiger partial charge on any atom is -0.489 e. The Morgan fingerprint density at radius 3 is 2.50 bits per heavy atom. The number of hydrogen-bond donors (Lipinski definition) is 0. The van der Waals surface area contributed by atoms with Crippen LogP contribution in [0.1, 0.15) is 38.2 Å². The Morgan fingerprint density at radius 1 is 1.11 bits per heavy atom. The van der Waals surface area contributed by atoms with Gasteiger partial charge in [-0.2, -0.15) is 0 Å². The fourth-order valence-electron chi connectivity index (χ4n) is 2.37. The minimum atomic E-state index is 0.452. The molecule has 0 aliphatic heterocycles. The van der Waals surface area contributed by atoms with Crippen LogP contribution < -0.4 is 4.74 Å². The molecular weight excluding hydrogens is 220 g/mol. The first-order valence-electron chi connectivity index (χ1n) is 6.85. The summed E-state index contributed by atoms with van der Waals surface area (Å²) >= 11 is 0. The Labute approximate surface area is 109 Å². The molecular formula is C17H20O. The van der Waals surface area contributed by atoms with Crippen LogP contribution in [-0.2, 0) is 5.41 Å². The summed E-state index contributed by atoms with van der Waals surface area (Å²) in [4.78, 5) is 0. The van der Waals surface area contributed by atoms with Crippen LogP contribution in [-0.4, -0.2) is 6.61 Å². The predicted molar refractivity (Wildman–Crippen MR) is 75.0 cm³/mol. The average Bonchev–Trinajstić information content (AvgIpc) is 3.17. The van der Waals surface area contributed by atoms with Gasteiger partial charge in [0.05, 0.1) is 0 Å². The van der Waals surface area contributed by atoms with Gasteiger partial charge in [0.25, 0.3) is 0 Å². The third-order valence-corrected chi connectivity index (χ3v) is 4.03. The van der Waals surface area contributed by atoms with Gasteiger partial charge in [0.2, 0.25) is 0 Å². The lowest BCUT2D eigenvalue weighted by atomic mass is 9.99. The maximum Gasteiger partial charge on any atom is 0.119 e. The first-order valence-corrected chi connectivity index (χ1v) is 6.85. The highest BCUT2D eigenvalue weighted by Crippen LogP contribution is 2.47. The van der Waals surface area contributed by atoms with Gasteiger partial charge in [0.1, 0.15) is 12.4 Å². The number of ether oxygens (including phenoxy) is 1. The number of hydrogen-bond acceptors (Lipinski definition) is 1. The summed E-state index contributed by atoms with van der Waals surface area (Å²) in [6.45, 7) is 3.02. The second kappa shape index (κ2) is 4.64. The van der Waals surface area contributed by atoms with E-state index >= 15 is 0 Å². The Morgan fingerprint density at radius 2 is 1.89 bits per heavy atom. The van der Waals surface area contributed by atoms with E-state index in [1.54, 1.807) is 0 Å². The van der Waals surface area contributed by atoms with Crippen molar-refractivity contribution in [1.29, 1.82) is 0 Å². The van der Waals surface area contributed by atoms with Gasteiger partial charge in [-0.05, 0) is 54.4 Å². The van der Waals surface area contributed by atoms with Crippen LogP contribution in [0.15, 0.2) is 48.1 Å². The van der Waals surface area contributed by atoms with Crippen LogP contribution in [0.5, 0.6) is 5.75 Å². The third kappa shape index (κ3) is 2.50. The lowest BCUT2D eigenvalue weighted by Crippen LogP contribution is -2.02. The molecule has 0 N–H and O–H groups in total. The Bertz CT molecular complexity index is 475. The number of benzene rings is 1. The summed E-state index contributed by atoms with van der Waals surface area (Å²) in [5, 5.41) is 0. The summed E-state index contributed by atoms with van der Waals surface area (Å²) in [7, 11) is 0. The first kappa shape index (κ1) is 11.6. The molecule has 1 nitrogen and oxygen atoms in total. The molecule has 0 heterocycles. The Balaban J connectivity index is 1.60. The van der Waals surface area contributed by atoms with E-state index in [2.05, 4.69) is 49.4 Å². The molecule has 1 aromatic rings. The van der Waals surface area contributed by atoms with Crippen molar-refractivity contribution in [1.82, 2.24) is 0 Å². The molecule has 2 aliphatic carbocycles. The van der Waals surface area contributed by atoms with E-state index in [4.69, 9.17) is 4.74 Å². The molecule has 18 heavy (non-hydrogen) atoms. The molecule has 1 heteroatoms. The molecule has 94 valence electrons. The van der Waals surface area contributed by atoms with Gasteiger partial charge in [0.15, 0.2) is 0 Å². The molecule has 1 saturated carbocycles. The summed E-state index contributed by atoms with van der Waals surface area (Å²) in [5.74, 6) is 0.975. The zero-order valence-electron chi connectivity index (χ0n) is 11.0. The fraction of sp³-hybridized carbons (Fsp3) is 0.412. The number of allylic oxidation sites excluding steroid dienone is 2. The zero-order chi connectivity index (χ0) is 12.4. The average molecular weight is 240 g/mol. The fourth-order valence-corrected chi connectivity index (χ4v) is 2.37. The lowest BCUT2D eigenvalue weighted by Gasteiger charge is -2.12. The van der Waals surface area contributed by atoms with Gasteiger partial charge in [0, 0.05) is 0 Å². The van der Waals surface area contributed by atoms with Crippen molar-refractivity contribution in [2.45, 2.75) is 38.0 Å². The van der Waals surface area contributed by atoms with E-state index < -0.39 is 0 Å². The molecule has 0 atom stereocenters. The van der Waals surface area contributed by atoms with Crippen molar-refractivity contribution < 1.29 is 4.74 Å². The molecule has 3 rings (SSSR count). The highest BCUT2D eigenvalue weighted by atomic mass is 16.5. The molecule has 2 aliphatic rings. The van der Waals surface area contributed by atoms with E-state index in [1.165, 1.54) is 24.0 Å². The second-order valence-corrected chi connectivity index (χ2v) is 5.63. The van der Waals surface area contributed by atoms with Crippen LogP contribution in [0.2, 0.25) is 0 Å². The summed E-state index contributed by atoms with van der Waals surface area (Å²) in [6, 6.07) is 8.64. The van der Waals surface area contributed by atoms with Crippen molar-refractivity contribution in [3.8, 4) is 5.75 Å². The first-order chi connectivity index (χ1) is 8.76. The smallest absolute Gasteiger partial charge is 0.119 e. The summed E-state index contributed by atoms with van der Waals surface area (Å²) in [6.07, 6.45) is 11.6. The Kier molecular flexibility index (Phi) is 2.99. The van der Waals surface area contributed by atoms with Gasteiger partial charge < -0.3 is 4.74 Å². The van der Waals surface area contributed by atoms with Crippen LogP contribution >= 0.6 is 0 Å². The molecule has 1 aromatic carbocycles. The maximum atomic E-state index is 5.81. The van der Waals surface area contributed by atoms with E-state index in [9.17, 15) is 0 Å². The third-order valence-electron chi connectivity index (χ3n) is 4.03. The molecule has 0 amide bonds. The lowest BCUT2D eigenvalue weighted by molar-refractivity contribution is 0.354. The molecule has 0 bridgehead atoms. The molecule has 0 unspecified atom stereocenters. The van der Waals surface area contributed by atoms with Crippen LogP contribution in [0.3, 0.4) is 0 Å². The van der Waals surface area contributed by atoms with Gasteiger partial charge in [-0.3, -0.25) is 0 Å². The van der Waals surface area contributed by atoms with Gasteiger partial charge in [-0.1, -0.05) is 37.3 Å². The molecule has 1 fully saturated rings. The van der Waals surface area contributed by atoms with E-state index in [1.807, 2.05) is 0 Å². The predicted octanol–water partition coefficient (Wildman–Crippen LogP) is 4.39. The standard InChI is InChI=1S/C17H20O/c1-17(11-12-17)15-7-9-16(10-8-15)18-13-14-5-3-2-4-6-14/h3,5-10H,2,4,11-13H2,1H3.